The van der Waals surface area contributed by atoms with Crippen molar-refractivity contribution in [3.63, 3.8) is 0 Å². The predicted molar refractivity (Wildman–Crippen MR) is 81.3 cm³/mol. The van der Waals surface area contributed by atoms with Crippen LogP contribution in [0.5, 0.6) is 0 Å². The molecule has 0 amide bonds. The Morgan fingerprint density at radius 3 is 2.95 bits per heavy atom. The van der Waals surface area contributed by atoms with Crippen molar-refractivity contribution in [3.8, 4) is 0 Å². The summed E-state index contributed by atoms with van der Waals surface area (Å²) in [5, 5.41) is 6.31. The Morgan fingerprint density at radius 2 is 2.21 bits per heavy atom. The highest BCUT2D eigenvalue weighted by Crippen LogP contribution is 2.30. The van der Waals surface area contributed by atoms with E-state index in [9.17, 15) is 0 Å². The molecule has 2 aromatic rings. The van der Waals surface area contributed by atoms with Crippen LogP contribution in [0, 0.1) is 0 Å². The second-order valence-corrected chi connectivity index (χ2v) is 5.96. The molecule has 2 aromatic heterocycles. The molecule has 1 N–H and O–H groups in total. The van der Waals surface area contributed by atoms with E-state index in [1.807, 2.05) is 7.05 Å². The summed E-state index contributed by atoms with van der Waals surface area (Å²) in [5.74, 6) is 1.77. The number of likely N-dealkylation sites (N-methyl/N-ethyl adjacent to an activating group) is 1. The van der Waals surface area contributed by atoms with Crippen molar-refractivity contribution >= 4 is 33.3 Å². The highest BCUT2D eigenvalue weighted by atomic mass is 32.1. The van der Waals surface area contributed by atoms with Crippen LogP contribution in [0.1, 0.15) is 6.92 Å². The Bertz CT molecular complexity index is 581. The van der Waals surface area contributed by atoms with Gasteiger partial charge < -0.3 is 15.1 Å². The van der Waals surface area contributed by atoms with Gasteiger partial charge in [0.05, 0.1) is 5.39 Å². The molecule has 0 spiro atoms. The molecule has 1 unspecified atom stereocenters. The van der Waals surface area contributed by atoms with Gasteiger partial charge in [0.15, 0.2) is 0 Å². The zero-order valence-electron chi connectivity index (χ0n) is 11.6. The molecule has 3 heterocycles. The second-order valence-electron chi connectivity index (χ2n) is 5.06. The molecule has 1 atom stereocenters. The van der Waals surface area contributed by atoms with Crippen molar-refractivity contribution in [3.05, 3.63) is 11.4 Å². The van der Waals surface area contributed by atoms with Crippen molar-refractivity contribution in [2.45, 2.75) is 13.0 Å². The maximum absolute atomic E-state index is 4.68. The summed E-state index contributed by atoms with van der Waals surface area (Å²) in [5.41, 5.74) is 0. The topological polar surface area (TPSA) is 44.3 Å². The Kier molecular flexibility index (Phi) is 3.28. The van der Waals surface area contributed by atoms with Gasteiger partial charge in [0, 0.05) is 32.7 Å². The first-order valence-corrected chi connectivity index (χ1v) is 7.45. The van der Waals surface area contributed by atoms with Crippen LogP contribution in [-0.4, -0.2) is 54.6 Å². The van der Waals surface area contributed by atoms with E-state index in [0.717, 1.165) is 30.3 Å². The van der Waals surface area contributed by atoms with Crippen LogP contribution >= 0.6 is 11.3 Å². The molecule has 102 valence electrons. The number of nitrogens with one attached hydrogen (secondary N) is 1. The van der Waals surface area contributed by atoms with E-state index >= 15 is 0 Å². The summed E-state index contributed by atoms with van der Waals surface area (Å²) in [7, 11) is 4.04. The van der Waals surface area contributed by atoms with Gasteiger partial charge in [0.2, 0.25) is 5.95 Å². The van der Waals surface area contributed by atoms with Crippen molar-refractivity contribution in [1.29, 1.82) is 0 Å². The van der Waals surface area contributed by atoms with E-state index in [1.54, 1.807) is 11.3 Å². The van der Waals surface area contributed by atoms with E-state index in [4.69, 9.17) is 0 Å². The second kappa shape index (κ2) is 4.94. The van der Waals surface area contributed by atoms with Crippen LogP contribution in [0.25, 0.3) is 10.2 Å². The molecule has 1 aliphatic heterocycles. The minimum atomic E-state index is 0.474. The maximum atomic E-state index is 4.68. The zero-order valence-corrected chi connectivity index (χ0v) is 12.4. The van der Waals surface area contributed by atoms with E-state index < -0.39 is 0 Å². The Balaban J connectivity index is 2.05. The SMILES string of the molecule is CNc1nc(N2CCN(C)CC2C)c2ccsc2n1. The lowest BCUT2D eigenvalue weighted by Crippen LogP contribution is -2.50. The van der Waals surface area contributed by atoms with Gasteiger partial charge in [-0.2, -0.15) is 4.98 Å². The molecule has 0 radical (unpaired) electrons. The molecule has 0 aromatic carbocycles. The van der Waals surface area contributed by atoms with Crippen LogP contribution in [0.2, 0.25) is 0 Å². The summed E-state index contributed by atoms with van der Waals surface area (Å²) >= 11 is 1.67. The third-order valence-electron chi connectivity index (χ3n) is 3.63. The Labute approximate surface area is 117 Å². The minimum Gasteiger partial charge on any atom is -0.357 e. The van der Waals surface area contributed by atoms with Gasteiger partial charge in [-0.05, 0) is 25.4 Å². The van der Waals surface area contributed by atoms with E-state index in [-0.39, 0.29) is 0 Å². The molecule has 19 heavy (non-hydrogen) atoms. The average Bonchev–Trinajstić information content (AvgIpc) is 2.86. The molecule has 0 bridgehead atoms. The zero-order chi connectivity index (χ0) is 13.4. The highest BCUT2D eigenvalue weighted by molar-refractivity contribution is 7.16. The smallest absolute Gasteiger partial charge is 0.225 e. The number of aromatic nitrogens is 2. The first kappa shape index (κ1) is 12.6. The van der Waals surface area contributed by atoms with Crippen molar-refractivity contribution in [1.82, 2.24) is 14.9 Å². The fourth-order valence-corrected chi connectivity index (χ4v) is 3.38. The number of thiophene rings is 1. The third kappa shape index (κ3) is 2.26. The number of hydrogen-bond acceptors (Lipinski definition) is 6. The van der Waals surface area contributed by atoms with Crippen molar-refractivity contribution in [2.75, 3.05) is 43.9 Å². The lowest BCUT2D eigenvalue weighted by Gasteiger charge is -2.39. The van der Waals surface area contributed by atoms with E-state index in [0.29, 0.717) is 12.0 Å². The monoisotopic (exact) mass is 277 g/mol. The molecule has 5 nitrogen and oxygen atoms in total. The van der Waals surface area contributed by atoms with Gasteiger partial charge in [0.1, 0.15) is 10.6 Å². The highest BCUT2D eigenvalue weighted by Gasteiger charge is 2.25. The fourth-order valence-electron chi connectivity index (χ4n) is 2.62. The van der Waals surface area contributed by atoms with Crippen molar-refractivity contribution in [2.24, 2.45) is 0 Å². The van der Waals surface area contributed by atoms with Gasteiger partial charge in [-0.3, -0.25) is 0 Å². The number of fused-ring (bicyclic) bond motifs is 1. The lowest BCUT2D eigenvalue weighted by molar-refractivity contribution is 0.275. The summed E-state index contributed by atoms with van der Waals surface area (Å²) < 4.78 is 0. The van der Waals surface area contributed by atoms with Gasteiger partial charge in [0.25, 0.3) is 0 Å². The van der Waals surface area contributed by atoms with Crippen LogP contribution in [0.3, 0.4) is 0 Å². The summed E-state index contributed by atoms with van der Waals surface area (Å²) in [6, 6.07) is 2.60. The quantitative estimate of drug-likeness (QED) is 0.908. The predicted octanol–water partition coefficient (Wildman–Crippen LogP) is 1.87. The summed E-state index contributed by atoms with van der Waals surface area (Å²) in [6.07, 6.45) is 0. The number of hydrogen-bond donors (Lipinski definition) is 1. The number of anilines is 2. The van der Waals surface area contributed by atoms with Gasteiger partial charge in [-0.25, -0.2) is 4.98 Å². The number of rotatable bonds is 2. The molecule has 0 saturated carbocycles. The Hall–Kier alpha value is -1.40. The van der Waals surface area contributed by atoms with Crippen molar-refractivity contribution < 1.29 is 0 Å². The van der Waals surface area contributed by atoms with E-state index in [1.165, 1.54) is 5.39 Å². The Morgan fingerprint density at radius 1 is 1.37 bits per heavy atom. The lowest BCUT2D eigenvalue weighted by atomic mass is 10.2. The fraction of sp³-hybridized carbons (Fsp3) is 0.538. The molecule has 3 rings (SSSR count). The first-order chi connectivity index (χ1) is 9.19. The molecule has 1 saturated heterocycles. The molecular formula is C13H19N5S. The third-order valence-corrected chi connectivity index (χ3v) is 4.44. The number of nitrogens with zero attached hydrogens (tertiary/aromatic N) is 4. The van der Waals surface area contributed by atoms with Gasteiger partial charge >= 0.3 is 0 Å². The van der Waals surface area contributed by atoms with E-state index in [2.05, 4.69) is 50.5 Å². The maximum Gasteiger partial charge on any atom is 0.225 e. The molecular weight excluding hydrogens is 258 g/mol. The van der Waals surface area contributed by atoms with Crippen LogP contribution in [-0.2, 0) is 0 Å². The van der Waals surface area contributed by atoms with Crippen LogP contribution < -0.4 is 10.2 Å². The van der Waals surface area contributed by atoms with Crippen LogP contribution in [0.15, 0.2) is 11.4 Å². The average molecular weight is 277 g/mol. The molecule has 0 aliphatic carbocycles. The summed E-state index contributed by atoms with van der Waals surface area (Å²) in [6.45, 7) is 5.43. The van der Waals surface area contributed by atoms with Crippen LogP contribution in [0.4, 0.5) is 11.8 Å². The molecule has 6 heteroatoms. The normalized spacial score (nSPS) is 21.0. The minimum absolute atomic E-state index is 0.474. The standard InChI is InChI=1S/C13H19N5S/c1-9-8-17(3)5-6-18(9)11-10-4-7-19-12(10)16-13(14-2)15-11/h4,7,9H,5-6,8H2,1-3H3,(H,14,15,16). The number of piperazine rings is 1. The molecule has 1 aliphatic rings. The van der Waals surface area contributed by atoms with Gasteiger partial charge in [-0.1, -0.05) is 0 Å². The summed E-state index contributed by atoms with van der Waals surface area (Å²) in [4.78, 5) is 15.0. The largest absolute Gasteiger partial charge is 0.357 e. The molecule has 1 fully saturated rings. The van der Waals surface area contributed by atoms with Gasteiger partial charge in [-0.15, -0.1) is 11.3 Å². The first-order valence-electron chi connectivity index (χ1n) is 6.57.